The molecule has 4 heterocycles. The molecule has 4 rings (SSSR count). The summed E-state index contributed by atoms with van der Waals surface area (Å²) >= 11 is 0. The maximum atomic E-state index is 4.53. The van der Waals surface area contributed by atoms with Crippen LogP contribution in [-0.2, 0) is 0 Å². The van der Waals surface area contributed by atoms with E-state index in [9.17, 15) is 0 Å². The highest BCUT2D eigenvalue weighted by molar-refractivity contribution is 6.08. The van der Waals surface area contributed by atoms with Gasteiger partial charge in [-0.2, -0.15) is 5.10 Å². The van der Waals surface area contributed by atoms with Crippen LogP contribution in [0.2, 0.25) is 0 Å². The van der Waals surface area contributed by atoms with Gasteiger partial charge in [-0.3, -0.25) is 9.97 Å². The van der Waals surface area contributed by atoms with Gasteiger partial charge in [0.25, 0.3) is 0 Å². The van der Waals surface area contributed by atoms with Gasteiger partial charge in [-0.1, -0.05) is 0 Å². The van der Waals surface area contributed by atoms with Crippen molar-refractivity contribution in [1.82, 2.24) is 19.6 Å². The molecule has 0 atom stereocenters. The van der Waals surface area contributed by atoms with E-state index in [1.54, 1.807) is 12.4 Å². The smallest absolute Gasteiger partial charge is 0.0982 e. The fourth-order valence-corrected chi connectivity index (χ4v) is 2.43. The van der Waals surface area contributed by atoms with Gasteiger partial charge < -0.3 is 0 Å². The second-order valence-electron chi connectivity index (χ2n) is 4.35. The zero-order valence-corrected chi connectivity index (χ0v) is 9.83. The zero-order chi connectivity index (χ0) is 12.1. The van der Waals surface area contributed by atoms with Gasteiger partial charge in [0.15, 0.2) is 0 Å². The molecule has 0 saturated carbocycles. The molecule has 86 valence electrons. The number of rotatable bonds is 0. The Hall–Kier alpha value is -2.49. The van der Waals surface area contributed by atoms with Gasteiger partial charge in [-0.25, -0.2) is 4.52 Å². The molecule has 4 heteroatoms. The van der Waals surface area contributed by atoms with Crippen LogP contribution in [0.4, 0.5) is 0 Å². The Bertz CT molecular complexity index is 819. The van der Waals surface area contributed by atoms with Crippen molar-refractivity contribution in [3.63, 3.8) is 0 Å². The number of hydrogen-bond donors (Lipinski definition) is 0. The molecule has 4 aromatic heterocycles. The molecule has 0 amide bonds. The Morgan fingerprint density at radius 3 is 2.50 bits per heavy atom. The zero-order valence-electron chi connectivity index (χ0n) is 9.83. The third-order valence-electron chi connectivity index (χ3n) is 3.15. The molecule has 0 aliphatic heterocycles. The van der Waals surface area contributed by atoms with Crippen molar-refractivity contribution in [3.8, 4) is 0 Å². The van der Waals surface area contributed by atoms with Gasteiger partial charge in [-0.15, -0.1) is 0 Å². The van der Waals surface area contributed by atoms with Crippen LogP contribution in [0.3, 0.4) is 0 Å². The minimum absolute atomic E-state index is 0.941. The summed E-state index contributed by atoms with van der Waals surface area (Å²) < 4.78 is 1.92. The molecule has 0 radical (unpaired) electrons. The maximum Gasteiger partial charge on any atom is 0.0982 e. The Morgan fingerprint density at radius 1 is 0.944 bits per heavy atom. The van der Waals surface area contributed by atoms with Crippen LogP contribution in [0.15, 0.2) is 42.7 Å². The number of pyridine rings is 3. The van der Waals surface area contributed by atoms with Gasteiger partial charge in [0, 0.05) is 17.8 Å². The molecule has 0 aliphatic rings. The predicted octanol–water partition coefficient (Wildman–Crippen LogP) is 2.74. The third kappa shape index (κ3) is 1.12. The molecule has 0 bridgehead atoms. The Kier molecular flexibility index (Phi) is 1.73. The summed E-state index contributed by atoms with van der Waals surface area (Å²) in [7, 11) is 0. The van der Waals surface area contributed by atoms with E-state index in [1.165, 1.54) is 0 Å². The van der Waals surface area contributed by atoms with Crippen molar-refractivity contribution >= 4 is 27.5 Å². The summed E-state index contributed by atoms with van der Waals surface area (Å²) in [5, 5.41) is 5.60. The molecule has 0 spiro atoms. The lowest BCUT2D eigenvalue weighted by molar-refractivity contribution is 0.971. The highest BCUT2D eigenvalue weighted by Crippen LogP contribution is 2.26. The largest absolute Gasteiger partial charge is 0.254 e. The average Bonchev–Trinajstić information content (AvgIpc) is 2.81. The van der Waals surface area contributed by atoms with Crippen LogP contribution < -0.4 is 0 Å². The first kappa shape index (κ1) is 9.53. The second kappa shape index (κ2) is 3.26. The van der Waals surface area contributed by atoms with Crippen LogP contribution in [-0.4, -0.2) is 19.6 Å². The minimum Gasteiger partial charge on any atom is -0.254 e. The van der Waals surface area contributed by atoms with Crippen LogP contribution in [0, 0.1) is 6.92 Å². The number of fused-ring (bicyclic) bond motifs is 6. The molecular formula is C14H10N4. The van der Waals surface area contributed by atoms with E-state index in [4.69, 9.17) is 0 Å². The summed E-state index contributed by atoms with van der Waals surface area (Å²) in [6.45, 7) is 1.99. The van der Waals surface area contributed by atoms with E-state index < -0.39 is 0 Å². The standard InChI is InChI=1S/C14H10N4/c1-9-8-12-14-10(4-2-6-16-14)13-11(18(12)17-9)5-3-7-15-13/h2-8H,1H3. The summed E-state index contributed by atoms with van der Waals surface area (Å²) in [4.78, 5) is 8.94. The SMILES string of the molecule is Cc1cc2c3ncccc3c3ncccc3n2n1. The summed E-state index contributed by atoms with van der Waals surface area (Å²) in [6.07, 6.45) is 3.61. The highest BCUT2D eigenvalue weighted by Gasteiger charge is 2.11. The van der Waals surface area contributed by atoms with E-state index in [0.717, 1.165) is 33.1 Å². The molecular weight excluding hydrogens is 224 g/mol. The van der Waals surface area contributed by atoms with E-state index >= 15 is 0 Å². The van der Waals surface area contributed by atoms with Crippen molar-refractivity contribution in [2.45, 2.75) is 6.92 Å². The average molecular weight is 234 g/mol. The number of nitrogens with zero attached hydrogens (tertiary/aromatic N) is 4. The number of hydrogen-bond acceptors (Lipinski definition) is 3. The topological polar surface area (TPSA) is 43.1 Å². The van der Waals surface area contributed by atoms with Crippen molar-refractivity contribution in [1.29, 1.82) is 0 Å². The van der Waals surface area contributed by atoms with Crippen LogP contribution in [0.1, 0.15) is 5.69 Å². The number of aromatic nitrogens is 4. The van der Waals surface area contributed by atoms with Gasteiger partial charge in [0.1, 0.15) is 0 Å². The molecule has 0 aromatic carbocycles. The third-order valence-corrected chi connectivity index (χ3v) is 3.15. The van der Waals surface area contributed by atoms with Gasteiger partial charge >= 0.3 is 0 Å². The Labute approximate surface area is 103 Å². The molecule has 0 N–H and O–H groups in total. The summed E-state index contributed by atoms with van der Waals surface area (Å²) in [5.74, 6) is 0. The Morgan fingerprint density at radius 2 is 1.67 bits per heavy atom. The lowest BCUT2D eigenvalue weighted by Crippen LogP contribution is -1.95. The van der Waals surface area contributed by atoms with Gasteiger partial charge in [0.05, 0.1) is 27.8 Å². The maximum absolute atomic E-state index is 4.53. The first-order valence-electron chi connectivity index (χ1n) is 5.82. The normalized spacial score (nSPS) is 11.6. The summed E-state index contributed by atoms with van der Waals surface area (Å²) in [5.41, 5.74) is 4.92. The molecule has 0 unspecified atom stereocenters. The monoisotopic (exact) mass is 234 g/mol. The molecule has 4 nitrogen and oxygen atoms in total. The molecule has 18 heavy (non-hydrogen) atoms. The second-order valence-corrected chi connectivity index (χ2v) is 4.35. The predicted molar refractivity (Wildman–Crippen MR) is 70.5 cm³/mol. The fourth-order valence-electron chi connectivity index (χ4n) is 2.43. The van der Waals surface area contributed by atoms with Crippen LogP contribution in [0.25, 0.3) is 27.5 Å². The van der Waals surface area contributed by atoms with Crippen LogP contribution >= 0.6 is 0 Å². The summed E-state index contributed by atoms with van der Waals surface area (Å²) in [6, 6.07) is 10.0. The van der Waals surface area contributed by atoms with Gasteiger partial charge in [0.2, 0.25) is 0 Å². The first-order chi connectivity index (χ1) is 8.84. The van der Waals surface area contributed by atoms with E-state index in [-0.39, 0.29) is 0 Å². The molecule has 0 saturated heterocycles. The van der Waals surface area contributed by atoms with Gasteiger partial charge in [-0.05, 0) is 37.3 Å². The molecule has 4 aromatic rings. The lowest BCUT2D eigenvalue weighted by Gasteiger charge is -2.05. The van der Waals surface area contributed by atoms with E-state index in [1.807, 2.05) is 29.6 Å². The van der Waals surface area contributed by atoms with Crippen molar-refractivity contribution in [3.05, 3.63) is 48.4 Å². The van der Waals surface area contributed by atoms with E-state index in [0.29, 0.717) is 0 Å². The quantitative estimate of drug-likeness (QED) is 0.439. The lowest BCUT2D eigenvalue weighted by atomic mass is 10.2. The van der Waals surface area contributed by atoms with E-state index in [2.05, 4.69) is 27.2 Å². The van der Waals surface area contributed by atoms with Crippen LogP contribution in [0.5, 0.6) is 0 Å². The van der Waals surface area contributed by atoms with Crippen molar-refractivity contribution < 1.29 is 0 Å². The minimum atomic E-state index is 0.941. The first-order valence-corrected chi connectivity index (χ1v) is 5.82. The Balaban J connectivity index is 2.45. The molecule has 0 aliphatic carbocycles. The molecule has 0 fully saturated rings. The highest BCUT2D eigenvalue weighted by atomic mass is 15.2. The van der Waals surface area contributed by atoms with Crippen molar-refractivity contribution in [2.75, 3.05) is 0 Å². The van der Waals surface area contributed by atoms with Crippen molar-refractivity contribution in [2.24, 2.45) is 0 Å². The number of aryl methyl sites for hydroxylation is 1. The fraction of sp³-hybridized carbons (Fsp3) is 0.0714.